The smallest absolute Gasteiger partial charge is 0.240 e. The van der Waals surface area contributed by atoms with E-state index in [0.717, 1.165) is 31.7 Å². The van der Waals surface area contributed by atoms with Gasteiger partial charge in [0.1, 0.15) is 0 Å². The third kappa shape index (κ3) is 4.10. The van der Waals surface area contributed by atoms with E-state index in [4.69, 9.17) is 5.14 Å². The molecule has 0 spiro atoms. The summed E-state index contributed by atoms with van der Waals surface area (Å²) in [6, 6.07) is 5.07. The van der Waals surface area contributed by atoms with Crippen molar-refractivity contribution in [1.82, 2.24) is 9.62 Å². The second-order valence-corrected chi connectivity index (χ2v) is 9.50. The maximum Gasteiger partial charge on any atom is 0.240 e. The number of nitrogens with two attached hydrogens (primary N) is 1. The molecule has 2 rings (SSSR count). The van der Waals surface area contributed by atoms with Gasteiger partial charge in [0.25, 0.3) is 0 Å². The van der Waals surface area contributed by atoms with Gasteiger partial charge in [-0.1, -0.05) is 18.9 Å². The lowest BCUT2D eigenvalue weighted by Gasteiger charge is -2.36. The van der Waals surface area contributed by atoms with Crippen LogP contribution in [0.3, 0.4) is 0 Å². The quantitative estimate of drug-likeness (QED) is 0.766. The Bertz CT molecular complexity index is 767. The lowest BCUT2D eigenvalue weighted by atomic mass is 9.97. The highest BCUT2D eigenvalue weighted by atomic mass is 32.2. The van der Waals surface area contributed by atoms with Crippen LogP contribution in [0.25, 0.3) is 0 Å². The molecule has 130 valence electrons. The number of hydrogen-bond donors (Lipinski definition) is 2. The van der Waals surface area contributed by atoms with Crippen molar-refractivity contribution in [3.63, 3.8) is 0 Å². The summed E-state index contributed by atoms with van der Waals surface area (Å²) >= 11 is 0. The van der Waals surface area contributed by atoms with Gasteiger partial charge >= 0.3 is 0 Å². The molecule has 0 atom stereocenters. The summed E-state index contributed by atoms with van der Waals surface area (Å²) in [6.07, 6.45) is 4.00. The van der Waals surface area contributed by atoms with E-state index in [2.05, 4.69) is 9.62 Å². The molecule has 0 unspecified atom stereocenters. The van der Waals surface area contributed by atoms with Crippen LogP contribution in [0, 0.1) is 0 Å². The molecule has 1 aromatic carbocycles. The fourth-order valence-corrected chi connectivity index (χ4v) is 4.75. The van der Waals surface area contributed by atoms with E-state index in [1.54, 1.807) is 0 Å². The summed E-state index contributed by atoms with van der Waals surface area (Å²) in [5.74, 6) is 0. The molecule has 0 bridgehead atoms. The molecule has 0 heterocycles. The average Bonchev–Trinajstić information content (AvgIpc) is 2.95. The van der Waals surface area contributed by atoms with Crippen molar-refractivity contribution in [2.75, 3.05) is 20.6 Å². The molecule has 1 fully saturated rings. The number of nitrogens with zero attached hydrogens (tertiary/aromatic N) is 1. The number of rotatable bonds is 6. The maximum absolute atomic E-state index is 12.5. The van der Waals surface area contributed by atoms with Crippen LogP contribution < -0.4 is 9.86 Å². The predicted octanol–water partition coefficient (Wildman–Crippen LogP) is 0.487. The molecule has 1 aromatic rings. The molecule has 1 aliphatic carbocycles. The Morgan fingerprint density at radius 2 is 1.70 bits per heavy atom. The Morgan fingerprint density at radius 1 is 1.13 bits per heavy atom. The van der Waals surface area contributed by atoms with E-state index in [1.807, 2.05) is 14.1 Å². The Kier molecular flexibility index (Phi) is 5.17. The SMILES string of the molecule is CN(C)C1(CNS(=O)(=O)c2cccc(S(N)(=O)=O)c2)CCCC1. The molecule has 23 heavy (non-hydrogen) atoms. The third-order valence-electron chi connectivity index (χ3n) is 4.52. The summed E-state index contributed by atoms with van der Waals surface area (Å²) in [6.45, 7) is 0.294. The molecule has 1 aliphatic rings. The Hall–Kier alpha value is -1.00. The molecule has 0 amide bonds. The van der Waals surface area contributed by atoms with E-state index < -0.39 is 20.0 Å². The molecule has 0 radical (unpaired) electrons. The van der Waals surface area contributed by atoms with Gasteiger partial charge in [-0.3, -0.25) is 0 Å². The Balaban J connectivity index is 2.23. The second kappa shape index (κ2) is 6.48. The minimum Gasteiger partial charge on any atom is -0.302 e. The molecular formula is C14H23N3O4S2. The van der Waals surface area contributed by atoms with Crippen LogP contribution in [0.2, 0.25) is 0 Å². The van der Waals surface area contributed by atoms with Crippen LogP contribution in [0.4, 0.5) is 0 Å². The van der Waals surface area contributed by atoms with Gasteiger partial charge in [0.05, 0.1) is 9.79 Å². The zero-order valence-electron chi connectivity index (χ0n) is 13.3. The first-order chi connectivity index (χ1) is 10.6. The van der Waals surface area contributed by atoms with Crippen molar-refractivity contribution in [1.29, 1.82) is 0 Å². The Labute approximate surface area is 138 Å². The van der Waals surface area contributed by atoms with Gasteiger partial charge < -0.3 is 4.90 Å². The molecular weight excluding hydrogens is 338 g/mol. The van der Waals surface area contributed by atoms with Crippen LogP contribution in [0.1, 0.15) is 25.7 Å². The third-order valence-corrected chi connectivity index (χ3v) is 6.83. The summed E-state index contributed by atoms with van der Waals surface area (Å²) in [5.41, 5.74) is -0.190. The average molecular weight is 361 g/mol. The number of primary sulfonamides is 1. The number of likely N-dealkylation sites (N-methyl/N-ethyl adjacent to an activating group) is 1. The van der Waals surface area contributed by atoms with Crippen LogP contribution in [0.15, 0.2) is 34.1 Å². The number of benzene rings is 1. The Morgan fingerprint density at radius 3 is 2.22 bits per heavy atom. The summed E-state index contributed by atoms with van der Waals surface area (Å²) < 4.78 is 50.3. The van der Waals surface area contributed by atoms with Gasteiger partial charge in [0.15, 0.2) is 0 Å². The van der Waals surface area contributed by atoms with E-state index in [0.29, 0.717) is 6.54 Å². The van der Waals surface area contributed by atoms with Gasteiger partial charge in [-0.25, -0.2) is 26.7 Å². The zero-order chi connectivity index (χ0) is 17.3. The van der Waals surface area contributed by atoms with Gasteiger partial charge in [-0.15, -0.1) is 0 Å². The van der Waals surface area contributed by atoms with Crippen LogP contribution in [-0.2, 0) is 20.0 Å². The highest BCUT2D eigenvalue weighted by Crippen LogP contribution is 2.33. The van der Waals surface area contributed by atoms with E-state index in [9.17, 15) is 16.8 Å². The minimum absolute atomic E-state index is 0.101. The van der Waals surface area contributed by atoms with Crippen molar-refractivity contribution < 1.29 is 16.8 Å². The number of sulfonamides is 2. The molecule has 7 nitrogen and oxygen atoms in total. The van der Waals surface area contributed by atoms with Crippen molar-refractivity contribution in [3.8, 4) is 0 Å². The predicted molar refractivity (Wildman–Crippen MR) is 87.9 cm³/mol. The monoisotopic (exact) mass is 361 g/mol. The zero-order valence-corrected chi connectivity index (χ0v) is 15.0. The highest BCUT2D eigenvalue weighted by Gasteiger charge is 2.37. The normalized spacial score (nSPS) is 18.4. The molecule has 0 aromatic heterocycles. The van der Waals surface area contributed by atoms with Gasteiger partial charge in [0.2, 0.25) is 20.0 Å². The molecule has 0 saturated heterocycles. The van der Waals surface area contributed by atoms with Crippen molar-refractivity contribution in [2.45, 2.75) is 41.0 Å². The van der Waals surface area contributed by atoms with Crippen molar-refractivity contribution in [2.24, 2.45) is 5.14 Å². The molecule has 0 aliphatic heterocycles. The van der Waals surface area contributed by atoms with Crippen LogP contribution in [0.5, 0.6) is 0 Å². The highest BCUT2D eigenvalue weighted by molar-refractivity contribution is 7.90. The van der Waals surface area contributed by atoms with Crippen LogP contribution >= 0.6 is 0 Å². The first-order valence-electron chi connectivity index (χ1n) is 7.37. The first kappa shape index (κ1) is 18.3. The topological polar surface area (TPSA) is 110 Å². The number of hydrogen-bond acceptors (Lipinski definition) is 5. The second-order valence-electron chi connectivity index (χ2n) is 6.17. The minimum atomic E-state index is -3.94. The van der Waals surface area contributed by atoms with E-state index in [-0.39, 0.29) is 15.3 Å². The van der Waals surface area contributed by atoms with Crippen molar-refractivity contribution in [3.05, 3.63) is 24.3 Å². The standard InChI is InChI=1S/C14H23N3O4S2/c1-17(2)14(8-3-4-9-14)11-16-23(20,21)13-7-5-6-12(10-13)22(15,18)19/h5-7,10,16H,3-4,8-9,11H2,1-2H3,(H2,15,18,19). The summed E-state index contributed by atoms with van der Waals surface area (Å²) in [7, 11) is -3.85. The largest absolute Gasteiger partial charge is 0.302 e. The van der Waals surface area contributed by atoms with E-state index >= 15 is 0 Å². The maximum atomic E-state index is 12.5. The van der Waals surface area contributed by atoms with E-state index in [1.165, 1.54) is 18.2 Å². The summed E-state index contributed by atoms with van der Waals surface area (Å²) in [4.78, 5) is 1.74. The fourth-order valence-electron chi connectivity index (χ4n) is 2.95. The lowest BCUT2D eigenvalue weighted by Crippen LogP contribution is -2.50. The number of nitrogens with one attached hydrogen (secondary N) is 1. The first-order valence-corrected chi connectivity index (χ1v) is 10.4. The van der Waals surface area contributed by atoms with Crippen molar-refractivity contribution >= 4 is 20.0 Å². The molecule has 9 heteroatoms. The van der Waals surface area contributed by atoms with Crippen LogP contribution in [-0.4, -0.2) is 47.9 Å². The fraction of sp³-hybridized carbons (Fsp3) is 0.571. The lowest BCUT2D eigenvalue weighted by molar-refractivity contribution is 0.162. The van der Waals surface area contributed by atoms with Gasteiger partial charge in [0, 0.05) is 12.1 Å². The van der Waals surface area contributed by atoms with Gasteiger partial charge in [-0.05, 0) is 45.1 Å². The summed E-state index contributed by atoms with van der Waals surface area (Å²) in [5, 5.41) is 5.05. The molecule has 1 saturated carbocycles. The molecule has 3 N–H and O–H groups in total. The van der Waals surface area contributed by atoms with Gasteiger partial charge in [-0.2, -0.15) is 0 Å².